The van der Waals surface area contributed by atoms with Gasteiger partial charge in [-0.05, 0) is 202 Å². The molecule has 8 aromatic carbocycles. The molecule has 11 N–H and O–H groups in total. The van der Waals surface area contributed by atoms with Gasteiger partial charge < -0.3 is 62.1 Å². The summed E-state index contributed by atoms with van der Waals surface area (Å²) in [6.07, 6.45) is 11.2. The van der Waals surface area contributed by atoms with Gasteiger partial charge in [0.05, 0.1) is 71.6 Å². The van der Waals surface area contributed by atoms with E-state index in [-0.39, 0.29) is 40.0 Å². The first-order chi connectivity index (χ1) is 62.4. The maximum absolute atomic E-state index is 12.9. The van der Waals surface area contributed by atoms with Gasteiger partial charge in [-0.25, -0.2) is 19.9 Å². The highest BCUT2D eigenvalue weighted by atomic mass is 35.5. The van der Waals surface area contributed by atoms with E-state index in [1.165, 1.54) is 55.5 Å². The van der Waals surface area contributed by atoms with Crippen LogP contribution in [0, 0.1) is 16.2 Å². The number of benzene rings is 8. The predicted octanol–water partition coefficient (Wildman–Crippen LogP) is 20.4. The van der Waals surface area contributed by atoms with E-state index < -0.39 is 29.5 Å². The fourth-order valence-corrected chi connectivity index (χ4v) is 14.3. The second-order valence-corrected chi connectivity index (χ2v) is 32.9. The lowest BCUT2D eigenvalue weighted by molar-refractivity contribution is 0.101. The average molecular weight is 1900 g/mol. The smallest absolute Gasteiger partial charge is 0.258 e. The Labute approximate surface area is 788 Å². The molecular formula is C94H82Cl8N20O8. The van der Waals surface area contributed by atoms with Gasteiger partial charge in [0.15, 0.2) is 0 Å². The molecule has 3 aliphatic rings. The van der Waals surface area contributed by atoms with Crippen LogP contribution >= 0.6 is 92.8 Å². The van der Waals surface area contributed by atoms with Crippen molar-refractivity contribution in [2.75, 3.05) is 103 Å². The fourth-order valence-electron chi connectivity index (χ4n) is 13.2. The third-order valence-corrected chi connectivity index (χ3v) is 21.9. The van der Waals surface area contributed by atoms with E-state index in [2.05, 4.69) is 77.3 Å². The summed E-state index contributed by atoms with van der Waals surface area (Å²) in [5, 5.41) is 49.7. The van der Waals surface area contributed by atoms with Crippen LogP contribution in [0.5, 0.6) is 0 Å². The largest absolute Gasteiger partial charge is 0.363 e. The average Bonchev–Trinajstić information content (AvgIpc) is 1.09. The molecule has 662 valence electrons. The number of carbonyl (C=O) groups excluding carboxylic acids is 8. The molecule has 0 unspecified atom stereocenters. The summed E-state index contributed by atoms with van der Waals surface area (Å²) < 4.78 is 0. The molecule has 3 aliphatic heterocycles. The number of hydrogen-bond donors (Lipinski definition) is 11. The molecule has 28 nitrogen and oxygen atoms in total. The Morgan fingerprint density at radius 3 is 0.808 bits per heavy atom. The number of likely N-dealkylation sites (tertiary alicyclic amines) is 2. The van der Waals surface area contributed by atoms with Crippen molar-refractivity contribution in [2.24, 2.45) is 4.99 Å². The molecular weight excluding hydrogens is 1820 g/mol. The molecule has 0 aliphatic carbocycles. The van der Waals surface area contributed by atoms with E-state index in [1.54, 1.807) is 201 Å². The number of carbonyl (C=O) groups is 8. The molecule has 12 aromatic rings. The maximum Gasteiger partial charge on any atom is 0.258 e. The molecule has 0 spiro atoms. The number of piperidine rings is 1. The van der Waals surface area contributed by atoms with Crippen LogP contribution in [0.3, 0.4) is 0 Å². The number of aromatic nitrogens is 4. The molecule has 7 heterocycles. The Morgan fingerprint density at radius 2 is 0.554 bits per heavy atom. The Hall–Kier alpha value is -13.7. The number of likely N-dealkylation sites (N-methyl/N-ethyl adjacent to an activating group) is 1. The number of halogens is 8. The highest BCUT2D eigenvalue weighted by Crippen LogP contribution is 2.30. The molecule has 0 saturated carbocycles. The summed E-state index contributed by atoms with van der Waals surface area (Å²) in [5.74, 6) is 0.0479. The van der Waals surface area contributed by atoms with Gasteiger partial charge in [-0.2, -0.15) is 0 Å². The van der Waals surface area contributed by atoms with Crippen molar-refractivity contribution in [1.29, 1.82) is 16.2 Å². The number of anilines is 8. The van der Waals surface area contributed by atoms with E-state index in [4.69, 9.17) is 109 Å². The Morgan fingerprint density at radius 1 is 0.300 bits per heavy atom. The van der Waals surface area contributed by atoms with E-state index in [9.17, 15) is 38.4 Å². The summed E-state index contributed by atoms with van der Waals surface area (Å²) in [4.78, 5) is 131. The first-order valence-corrected chi connectivity index (χ1v) is 43.2. The van der Waals surface area contributed by atoms with Crippen molar-refractivity contribution >= 4 is 209 Å². The van der Waals surface area contributed by atoms with Crippen LogP contribution < -0.4 is 42.5 Å². The van der Waals surface area contributed by atoms with Gasteiger partial charge in [0, 0.05) is 143 Å². The summed E-state index contributed by atoms with van der Waals surface area (Å²) in [6.45, 7) is 5.18. The van der Waals surface area contributed by atoms with Crippen LogP contribution in [0.2, 0.25) is 40.2 Å². The monoisotopic (exact) mass is 1900 g/mol. The summed E-state index contributed by atoms with van der Waals surface area (Å²) in [5.41, 5.74) is 6.85. The lowest BCUT2D eigenvalue weighted by Crippen LogP contribution is -2.35. The zero-order chi connectivity index (χ0) is 92.7. The van der Waals surface area contributed by atoms with Gasteiger partial charge >= 0.3 is 0 Å². The Bertz CT molecular complexity index is 6230. The van der Waals surface area contributed by atoms with E-state index in [0.29, 0.717) is 132 Å². The molecule has 2 fully saturated rings. The zero-order valence-electron chi connectivity index (χ0n) is 69.7. The van der Waals surface area contributed by atoms with Crippen molar-refractivity contribution in [2.45, 2.75) is 32.1 Å². The number of hydrogen-bond acceptors (Lipinski definition) is 17. The second-order valence-electron chi connectivity index (χ2n) is 29.5. The Kier molecular flexibility index (Phi) is 33.3. The number of nitrogens with one attached hydrogen (secondary N) is 11. The van der Waals surface area contributed by atoms with Crippen molar-refractivity contribution in [1.82, 2.24) is 39.5 Å². The number of nitrogens with zero attached hydrogens (tertiary/aromatic N) is 9. The molecule has 15 rings (SSSR count). The normalized spacial score (nSPS) is 12.4. The lowest BCUT2D eigenvalue weighted by atomic mass is 10.1. The van der Waals surface area contributed by atoms with Gasteiger partial charge in [0.25, 0.3) is 47.3 Å². The van der Waals surface area contributed by atoms with Gasteiger partial charge in [0.1, 0.15) is 46.6 Å². The molecule has 0 radical (unpaired) electrons. The molecule has 4 aromatic heterocycles. The van der Waals surface area contributed by atoms with Crippen molar-refractivity contribution in [3.05, 3.63) is 350 Å². The molecule has 0 atom stereocenters. The standard InChI is InChI=1S/C25H23Cl2N5O2.C24H21Cl2N5O2.C23H19Cl2N5O2.C22H19Cl2N5O2/c26-18-8-10-21(20(14-18)25(34)31-22-11-9-19(27)15-29-22)30-24(33)17-6-4-16(5-7-17)23(28)32-12-2-1-3-13-32;25-17-7-9-20(19(13-17)24(33)30-21-10-8-18(26)14-28-21)29-23(32)16-5-3-15(4-6-16)22(27)31-11-1-2-12-31;1-30-11-10-26-21(30)14-2-4-15(5-3-14)22(31)28-19-8-6-16(24)12-18(19)23(32)29-20-9-7-17(25)13-27-20;1-29(2)20(25)13-3-5-14(6-4-13)21(30)27-18-9-7-15(23)11-17(18)22(31)28-19-10-8-16(24)12-26-19/h4-11,14-15,28H,1-3,12-13H2,(H,30,33)(H,29,31,34);3-10,13-14,27H,1-2,11-12H2,(H,29,32)(H,28,30,33);2-9,12-13H,10-11H2,1H3,(H,28,31)(H,27,29,32);3-12,25H,1-2H3,(H,27,30)(H,26,28,31). The van der Waals surface area contributed by atoms with E-state index >= 15 is 0 Å². The van der Waals surface area contributed by atoms with Crippen molar-refractivity contribution < 1.29 is 38.4 Å². The van der Waals surface area contributed by atoms with Gasteiger partial charge in [-0.15, -0.1) is 0 Å². The third-order valence-electron chi connectivity index (χ3n) is 20.0. The molecule has 2 saturated heterocycles. The summed E-state index contributed by atoms with van der Waals surface area (Å²) in [6, 6.07) is 58.8. The minimum Gasteiger partial charge on any atom is -0.363 e. The highest BCUT2D eigenvalue weighted by Gasteiger charge is 2.25. The number of pyridine rings is 4. The van der Waals surface area contributed by atoms with Crippen molar-refractivity contribution in [3.63, 3.8) is 0 Å². The number of aliphatic imine (C=N–C) groups is 1. The SMILES string of the molecule is CN(C)C(=N)c1ccc(C(=O)Nc2ccc(Cl)cc2C(=O)Nc2ccc(Cl)cn2)cc1.CN1CCN=C1c1ccc(C(=O)Nc2ccc(Cl)cc2C(=O)Nc2ccc(Cl)cn2)cc1.N=C(c1ccc(C(=O)Nc2ccc(Cl)cc2C(=O)Nc2ccc(Cl)cn2)cc1)N1CCCC1.N=C(c1ccc(C(=O)Nc2ccc(Cl)cc2C(=O)Nc2ccc(Cl)cn2)cc1)N1CCCCC1. The van der Waals surface area contributed by atoms with Crippen LogP contribution in [-0.4, -0.2) is 171 Å². The predicted molar refractivity (Wildman–Crippen MR) is 517 cm³/mol. The topological polar surface area (TPSA) is 381 Å². The molecule has 0 bridgehead atoms. The molecule has 8 amide bonds. The first-order valence-electron chi connectivity index (χ1n) is 40.2. The summed E-state index contributed by atoms with van der Waals surface area (Å²) >= 11 is 47.7. The number of rotatable bonds is 20. The number of amidine groups is 4. The van der Waals surface area contributed by atoms with E-state index in [0.717, 1.165) is 87.5 Å². The number of amides is 8. The highest BCUT2D eigenvalue weighted by molar-refractivity contribution is 6.34. The van der Waals surface area contributed by atoms with Crippen molar-refractivity contribution in [3.8, 4) is 0 Å². The molecule has 36 heteroatoms. The minimum atomic E-state index is -0.484. The zero-order valence-corrected chi connectivity index (χ0v) is 75.7. The van der Waals surface area contributed by atoms with Crippen LogP contribution in [0.15, 0.2) is 248 Å². The van der Waals surface area contributed by atoms with Gasteiger partial charge in [-0.3, -0.25) is 59.6 Å². The van der Waals surface area contributed by atoms with E-state index in [1.807, 2.05) is 24.1 Å². The van der Waals surface area contributed by atoms with Gasteiger partial charge in [0.2, 0.25) is 0 Å². The fraction of sp³-hybridized carbons (Fsp3) is 0.149. The maximum atomic E-state index is 12.9. The molecule has 130 heavy (non-hydrogen) atoms. The van der Waals surface area contributed by atoms with Gasteiger partial charge in [-0.1, -0.05) is 141 Å². The third kappa shape index (κ3) is 26.5. The first kappa shape index (κ1) is 95.4. The summed E-state index contributed by atoms with van der Waals surface area (Å²) in [7, 11) is 5.53. The minimum absolute atomic E-state index is 0.184. The van der Waals surface area contributed by atoms with Crippen LogP contribution in [0.4, 0.5) is 46.0 Å². The Balaban J connectivity index is 0.000000157. The lowest BCUT2D eigenvalue weighted by Gasteiger charge is -2.29. The second kappa shape index (κ2) is 45.3. The van der Waals surface area contributed by atoms with Crippen LogP contribution in [0.25, 0.3) is 0 Å². The quantitative estimate of drug-likeness (QED) is 0.0249. The van der Waals surface area contributed by atoms with Crippen LogP contribution in [0.1, 0.15) is 137 Å². The van der Waals surface area contributed by atoms with Crippen LogP contribution in [-0.2, 0) is 0 Å².